The zero-order valence-electron chi connectivity index (χ0n) is 19.8. The van der Waals surface area contributed by atoms with Gasteiger partial charge in [0.05, 0.1) is 24.4 Å². The van der Waals surface area contributed by atoms with E-state index in [1.54, 1.807) is 14.0 Å². The Morgan fingerprint density at radius 2 is 1.77 bits per heavy atom. The normalized spacial score (nSPS) is 17.6. The number of hydrogen-bond donors (Lipinski definition) is 2. The van der Waals surface area contributed by atoms with E-state index in [1.165, 1.54) is 0 Å². The zero-order chi connectivity index (χ0) is 23.5. The number of aliphatic hydroxyl groups is 1. The van der Waals surface area contributed by atoms with E-state index in [9.17, 15) is 19.5 Å². The number of nitrogens with one attached hydrogen (secondary N) is 1. The van der Waals surface area contributed by atoms with Crippen molar-refractivity contribution in [3.05, 3.63) is 0 Å². The molecule has 0 heterocycles. The Kier molecular flexibility index (Phi) is 11.5. The highest BCUT2D eigenvalue weighted by atomic mass is 16.6. The Morgan fingerprint density at radius 1 is 1.13 bits per heavy atom. The summed E-state index contributed by atoms with van der Waals surface area (Å²) in [4.78, 5) is 38.1. The average molecular weight is 444 g/mol. The van der Waals surface area contributed by atoms with Gasteiger partial charge >= 0.3 is 11.9 Å². The van der Waals surface area contributed by atoms with Gasteiger partial charge in [-0.15, -0.1) is 0 Å². The van der Waals surface area contributed by atoms with Crippen molar-refractivity contribution >= 4 is 17.8 Å². The number of aliphatic hydroxyl groups excluding tert-OH is 1. The number of ether oxygens (including phenoxy) is 3. The van der Waals surface area contributed by atoms with Crippen molar-refractivity contribution in [2.75, 3.05) is 26.9 Å². The van der Waals surface area contributed by atoms with Crippen LogP contribution in [0.5, 0.6) is 0 Å². The first-order valence-corrected chi connectivity index (χ1v) is 11.4. The molecule has 0 bridgehead atoms. The van der Waals surface area contributed by atoms with E-state index in [4.69, 9.17) is 14.2 Å². The molecule has 31 heavy (non-hydrogen) atoms. The van der Waals surface area contributed by atoms with Crippen LogP contribution in [0, 0.1) is 11.3 Å². The molecular weight excluding hydrogens is 402 g/mol. The molecular formula is C23H41NO7. The molecule has 1 saturated carbocycles. The summed E-state index contributed by atoms with van der Waals surface area (Å²) >= 11 is 0. The summed E-state index contributed by atoms with van der Waals surface area (Å²) in [5.74, 6) is -1.35. The van der Waals surface area contributed by atoms with Crippen molar-refractivity contribution in [2.24, 2.45) is 11.3 Å². The third-order valence-electron chi connectivity index (χ3n) is 5.62. The van der Waals surface area contributed by atoms with Gasteiger partial charge in [0.2, 0.25) is 5.91 Å². The van der Waals surface area contributed by atoms with Crippen LogP contribution in [0.1, 0.15) is 79.1 Å². The molecule has 2 N–H and O–H groups in total. The topological polar surface area (TPSA) is 111 Å². The molecule has 1 rings (SSSR count). The van der Waals surface area contributed by atoms with Crippen molar-refractivity contribution in [3.63, 3.8) is 0 Å². The summed E-state index contributed by atoms with van der Waals surface area (Å²) in [6, 6.07) is -0.507. The van der Waals surface area contributed by atoms with Gasteiger partial charge in [0.25, 0.3) is 0 Å². The maximum Gasteiger partial charge on any atom is 0.309 e. The van der Waals surface area contributed by atoms with Gasteiger partial charge in [0, 0.05) is 26.4 Å². The lowest BCUT2D eigenvalue weighted by Crippen LogP contribution is -2.47. The minimum atomic E-state index is -0.697. The maximum atomic E-state index is 13.4. The molecule has 1 fully saturated rings. The van der Waals surface area contributed by atoms with Crippen LogP contribution in [0.2, 0.25) is 0 Å². The van der Waals surface area contributed by atoms with Crippen molar-refractivity contribution in [1.29, 1.82) is 0 Å². The van der Waals surface area contributed by atoms with Gasteiger partial charge in [0.1, 0.15) is 5.60 Å². The zero-order valence-corrected chi connectivity index (χ0v) is 19.8. The van der Waals surface area contributed by atoms with Crippen LogP contribution in [0.4, 0.5) is 0 Å². The highest BCUT2D eigenvalue weighted by Gasteiger charge is 2.45. The number of carbonyl (C=O) groups is 3. The molecule has 1 amide bonds. The van der Waals surface area contributed by atoms with Crippen molar-refractivity contribution in [3.8, 4) is 0 Å². The van der Waals surface area contributed by atoms with E-state index in [-0.39, 0.29) is 37.9 Å². The third kappa shape index (κ3) is 9.56. The van der Waals surface area contributed by atoms with E-state index < -0.39 is 28.9 Å². The number of amides is 1. The van der Waals surface area contributed by atoms with Crippen LogP contribution >= 0.6 is 0 Å². The molecule has 0 spiro atoms. The Labute approximate surface area is 186 Å². The lowest BCUT2D eigenvalue weighted by Gasteiger charge is -2.34. The van der Waals surface area contributed by atoms with Crippen LogP contribution in [-0.2, 0) is 28.6 Å². The van der Waals surface area contributed by atoms with E-state index in [2.05, 4.69) is 5.32 Å². The summed E-state index contributed by atoms with van der Waals surface area (Å²) < 4.78 is 15.8. The van der Waals surface area contributed by atoms with E-state index in [0.717, 1.165) is 12.8 Å². The van der Waals surface area contributed by atoms with E-state index in [0.29, 0.717) is 32.3 Å². The monoisotopic (exact) mass is 443 g/mol. The predicted octanol–water partition coefficient (Wildman–Crippen LogP) is 2.75. The van der Waals surface area contributed by atoms with E-state index >= 15 is 0 Å². The van der Waals surface area contributed by atoms with Crippen LogP contribution in [0.15, 0.2) is 0 Å². The second kappa shape index (κ2) is 13.0. The maximum absolute atomic E-state index is 13.4. The molecule has 180 valence electrons. The molecule has 0 aromatic heterocycles. The minimum absolute atomic E-state index is 0.00931. The van der Waals surface area contributed by atoms with Crippen LogP contribution < -0.4 is 5.32 Å². The number of esters is 2. The SMILES string of the molecule is CCOC(=O)C[C@H](CCO)NC(=O)C1(C[C@@H](CCOC)C(=O)OC(C)(C)C)CCCC1. The first-order valence-electron chi connectivity index (χ1n) is 11.4. The molecule has 1 aliphatic rings. The number of carbonyl (C=O) groups excluding carboxylic acids is 3. The summed E-state index contributed by atoms with van der Waals surface area (Å²) in [5, 5.41) is 12.3. The average Bonchev–Trinajstić information content (AvgIpc) is 3.14. The van der Waals surface area contributed by atoms with Crippen molar-refractivity contribution in [2.45, 2.75) is 90.7 Å². The lowest BCUT2D eigenvalue weighted by atomic mass is 9.75. The highest BCUT2D eigenvalue weighted by Crippen LogP contribution is 2.44. The Hall–Kier alpha value is -1.67. The number of hydrogen-bond acceptors (Lipinski definition) is 7. The molecule has 0 aromatic carbocycles. The minimum Gasteiger partial charge on any atom is -0.466 e. The summed E-state index contributed by atoms with van der Waals surface area (Å²) in [6.07, 6.45) is 4.29. The highest BCUT2D eigenvalue weighted by molar-refractivity contribution is 5.85. The quantitative estimate of drug-likeness (QED) is 0.421. The summed E-state index contributed by atoms with van der Waals surface area (Å²) in [5.41, 5.74) is -1.31. The first kappa shape index (κ1) is 27.4. The second-order valence-electron chi connectivity index (χ2n) is 9.40. The van der Waals surface area contributed by atoms with Gasteiger partial charge < -0.3 is 24.6 Å². The van der Waals surface area contributed by atoms with Gasteiger partial charge in [0.15, 0.2) is 0 Å². The van der Waals surface area contributed by atoms with Crippen molar-refractivity contribution in [1.82, 2.24) is 5.32 Å². The molecule has 1 aliphatic carbocycles. The fourth-order valence-corrected chi connectivity index (χ4v) is 4.14. The van der Waals surface area contributed by atoms with Gasteiger partial charge in [-0.25, -0.2) is 0 Å². The van der Waals surface area contributed by atoms with Crippen LogP contribution in [0.3, 0.4) is 0 Å². The molecule has 0 saturated heterocycles. The fourth-order valence-electron chi connectivity index (χ4n) is 4.14. The first-order chi connectivity index (χ1) is 14.6. The van der Waals surface area contributed by atoms with Crippen LogP contribution in [-0.4, -0.2) is 61.5 Å². The predicted molar refractivity (Wildman–Crippen MR) is 116 cm³/mol. The smallest absolute Gasteiger partial charge is 0.309 e. The van der Waals surface area contributed by atoms with Gasteiger partial charge in [-0.1, -0.05) is 12.8 Å². The molecule has 0 unspecified atom stereocenters. The van der Waals surface area contributed by atoms with Gasteiger partial charge in [-0.3, -0.25) is 14.4 Å². The van der Waals surface area contributed by atoms with Gasteiger partial charge in [-0.05, 0) is 59.8 Å². The summed E-state index contributed by atoms with van der Waals surface area (Å²) in [6.45, 7) is 7.71. The second-order valence-corrected chi connectivity index (χ2v) is 9.40. The fraction of sp³-hybridized carbons (Fsp3) is 0.870. The molecule has 0 radical (unpaired) electrons. The Bertz CT molecular complexity index is 579. The van der Waals surface area contributed by atoms with Gasteiger partial charge in [-0.2, -0.15) is 0 Å². The number of rotatable bonds is 13. The lowest BCUT2D eigenvalue weighted by molar-refractivity contribution is -0.162. The number of methoxy groups -OCH3 is 1. The molecule has 8 heteroatoms. The Morgan fingerprint density at radius 3 is 2.29 bits per heavy atom. The molecule has 8 nitrogen and oxygen atoms in total. The third-order valence-corrected chi connectivity index (χ3v) is 5.62. The molecule has 0 aromatic rings. The van der Waals surface area contributed by atoms with E-state index in [1.807, 2.05) is 20.8 Å². The van der Waals surface area contributed by atoms with Crippen LogP contribution in [0.25, 0.3) is 0 Å². The molecule has 0 aliphatic heterocycles. The standard InChI is InChI=1S/C23H41NO7/c1-6-30-19(26)15-18(9-13-25)24-21(28)23(11-7-8-12-23)16-17(10-14-29-5)20(27)31-22(2,3)4/h17-18,25H,6-16H2,1-5H3,(H,24,28)/t17-,18+/m1/s1. The van der Waals surface area contributed by atoms with Crippen molar-refractivity contribution < 1.29 is 33.7 Å². The molecule has 2 atom stereocenters. The Balaban J connectivity index is 2.98. The largest absolute Gasteiger partial charge is 0.466 e. The summed E-state index contributed by atoms with van der Waals surface area (Å²) in [7, 11) is 1.58.